The molecule has 222 valence electrons. The summed E-state index contributed by atoms with van der Waals surface area (Å²) in [6, 6.07) is -0.246. The molecule has 2 saturated heterocycles. The van der Waals surface area contributed by atoms with Gasteiger partial charge in [-0.1, -0.05) is 27.7 Å². The van der Waals surface area contributed by atoms with Gasteiger partial charge in [0.05, 0.1) is 42.0 Å². The minimum absolute atomic E-state index is 0.0320. The van der Waals surface area contributed by atoms with Crippen LogP contribution in [0.5, 0.6) is 0 Å². The molecular formula is C28H51NO9. The second-order valence-electron chi connectivity index (χ2n) is 12.4. The van der Waals surface area contributed by atoms with Crippen LogP contribution in [-0.4, -0.2) is 106 Å². The fourth-order valence-corrected chi connectivity index (χ4v) is 5.97. The Morgan fingerprint density at radius 3 is 2.03 bits per heavy atom. The van der Waals surface area contributed by atoms with Crippen LogP contribution < -0.4 is 0 Å². The van der Waals surface area contributed by atoms with Gasteiger partial charge in [0, 0.05) is 36.1 Å². The van der Waals surface area contributed by atoms with Crippen molar-refractivity contribution in [3.63, 3.8) is 0 Å². The van der Waals surface area contributed by atoms with E-state index in [4.69, 9.17) is 14.2 Å². The molecule has 0 bridgehead atoms. The third-order valence-electron chi connectivity index (χ3n) is 8.91. The van der Waals surface area contributed by atoms with E-state index in [1.165, 1.54) is 6.92 Å². The number of likely N-dealkylation sites (N-methyl/N-ethyl adjacent to an activating group) is 1. The molecular weight excluding hydrogens is 494 g/mol. The number of esters is 1. The molecule has 4 N–H and O–H groups in total. The molecule has 0 aromatic rings. The number of ether oxygens (including phenoxy) is 3. The molecule has 2 unspecified atom stereocenters. The first-order valence-corrected chi connectivity index (χ1v) is 13.9. The molecule has 2 aliphatic heterocycles. The SMILES string of the molecule is C[C@@H]1[C@H](O)[C@@H](C)C(=O)[C@H](C)C[C@@](C)(O)[C@H](O)[C@@H](C)[C@H](O[C@H]2CC(N(C)C)C(O)[C@@H](C)O2)[C@@H](C)C(=O)O[C@@H]1C. The van der Waals surface area contributed by atoms with Crippen molar-refractivity contribution in [2.24, 2.45) is 29.6 Å². The van der Waals surface area contributed by atoms with Crippen LogP contribution in [0, 0.1) is 29.6 Å². The highest BCUT2D eigenvalue weighted by Gasteiger charge is 2.47. The van der Waals surface area contributed by atoms with E-state index in [-0.39, 0.29) is 18.2 Å². The number of carbonyl (C=O) groups excluding carboxylic acids is 2. The lowest BCUT2D eigenvalue weighted by Crippen LogP contribution is -2.56. The number of nitrogens with zero attached hydrogens (tertiary/aromatic N) is 1. The molecule has 0 radical (unpaired) electrons. The van der Waals surface area contributed by atoms with E-state index >= 15 is 0 Å². The number of ketones is 1. The average Bonchev–Trinajstić information content (AvgIpc) is 2.84. The van der Waals surface area contributed by atoms with Gasteiger partial charge in [-0.15, -0.1) is 0 Å². The summed E-state index contributed by atoms with van der Waals surface area (Å²) in [5, 5.41) is 44.1. The molecule has 0 spiro atoms. The van der Waals surface area contributed by atoms with Crippen LogP contribution in [0.15, 0.2) is 0 Å². The van der Waals surface area contributed by atoms with E-state index in [1.807, 2.05) is 19.0 Å². The summed E-state index contributed by atoms with van der Waals surface area (Å²) in [5.41, 5.74) is -1.68. The van der Waals surface area contributed by atoms with E-state index in [0.29, 0.717) is 6.42 Å². The van der Waals surface area contributed by atoms with Crippen LogP contribution in [-0.2, 0) is 23.8 Å². The van der Waals surface area contributed by atoms with Crippen molar-refractivity contribution < 1.29 is 44.2 Å². The largest absolute Gasteiger partial charge is 0.462 e. The van der Waals surface area contributed by atoms with Gasteiger partial charge in [-0.05, 0) is 48.2 Å². The standard InChI is InChI=1S/C28H51NO9/c1-13-12-28(8,35)26(33)16(4)25(38-21-11-20(29(9)10)24(32)19(7)36-21)17(5)27(34)37-18(6)14(2)23(31)15(3)22(13)30/h13-21,23-26,31-33,35H,11-12H2,1-10H3/t13-,14+,15+,16+,17-,18-,19-,20?,21+,23+,24?,25+,26-,28-/m1/s1. The predicted octanol–water partition coefficient (Wildman–Crippen LogP) is 1.36. The van der Waals surface area contributed by atoms with E-state index in [2.05, 4.69) is 0 Å². The normalized spacial score (nSPS) is 48.4. The Morgan fingerprint density at radius 2 is 1.47 bits per heavy atom. The lowest BCUT2D eigenvalue weighted by molar-refractivity contribution is -0.268. The smallest absolute Gasteiger partial charge is 0.311 e. The number of aliphatic hydroxyl groups is 4. The van der Waals surface area contributed by atoms with Gasteiger partial charge in [0.15, 0.2) is 6.29 Å². The molecule has 0 amide bonds. The Morgan fingerprint density at radius 1 is 0.895 bits per heavy atom. The van der Waals surface area contributed by atoms with E-state index < -0.39 is 84.1 Å². The molecule has 0 aromatic heterocycles. The van der Waals surface area contributed by atoms with Crippen LogP contribution >= 0.6 is 0 Å². The zero-order valence-electron chi connectivity index (χ0n) is 24.7. The van der Waals surface area contributed by atoms with Gasteiger partial charge >= 0.3 is 5.97 Å². The van der Waals surface area contributed by atoms with Gasteiger partial charge in [0.1, 0.15) is 11.9 Å². The Hall–Kier alpha value is -1.14. The Labute approximate surface area is 227 Å². The van der Waals surface area contributed by atoms with Gasteiger partial charge in [-0.2, -0.15) is 0 Å². The lowest BCUT2D eigenvalue weighted by Gasteiger charge is -2.44. The van der Waals surface area contributed by atoms with Crippen molar-refractivity contribution in [1.82, 2.24) is 4.90 Å². The third-order valence-corrected chi connectivity index (χ3v) is 8.91. The van der Waals surface area contributed by atoms with Crippen molar-refractivity contribution in [3.05, 3.63) is 0 Å². The molecule has 2 rings (SSSR count). The van der Waals surface area contributed by atoms with Gasteiger partial charge in [0.2, 0.25) is 0 Å². The number of hydrogen-bond acceptors (Lipinski definition) is 10. The van der Waals surface area contributed by atoms with Gasteiger partial charge in [-0.25, -0.2) is 0 Å². The van der Waals surface area contributed by atoms with Crippen molar-refractivity contribution >= 4 is 11.8 Å². The summed E-state index contributed by atoms with van der Waals surface area (Å²) in [7, 11) is 3.71. The summed E-state index contributed by atoms with van der Waals surface area (Å²) in [5.74, 6) is -4.33. The van der Waals surface area contributed by atoms with Crippen LogP contribution in [0.4, 0.5) is 0 Å². The molecule has 10 nitrogen and oxygen atoms in total. The van der Waals surface area contributed by atoms with Crippen molar-refractivity contribution in [1.29, 1.82) is 0 Å². The highest BCUT2D eigenvalue weighted by Crippen LogP contribution is 2.35. The highest BCUT2D eigenvalue weighted by atomic mass is 16.7. The number of Topliss-reactive ketones (excluding diaryl/α,β-unsaturated/α-hetero) is 1. The zero-order valence-corrected chi connectivity index (χ0v) is 24.7. The Bertz CT molecular complexity index is 805. The third kappa shape index (κ3) is 7.33. The summed E-state index contributed by atoms with van der Waals surface area (Å²) in [4.78, 5) is 28.3. The highest BCUT2D eigenvalue weighted by molar-refractivity contribution is 5.83. The van der Waals surface area contributed by atoms with E-state index in [9.17, 15) is 30.0 Å². The number of hydrogen-bond donors (Lipinski definition) is 4. The molecule has 10 heteroatoms. The maximum Gasteiger partial charge on any atom is 0.311 e. The first-order chi connectivity index (χ1) is 17.4. The molecule has 2 heterocycles. The minimum atomic E-state index is -1.68. The van der Waals surface area contributed by atoms with Crippen LogP contribution in [0.3, 0.4) is 0 Å². The fourth-order valence-electron chi connectivity index (χ4n) is 5.97. The molecule has 2 fully saturated rings. The van der Waals surface area contributed by atoms with Gasteiger partial charge in [-0.3, -0.25) is 9.59 Å². The summed E-state index contributed by atoms with van der Waals surface area (Å²) in [6.07, 6.45) is -5.74. The summed E-state index contributed by atoms with van der Waals surface area (Å²) >= 11 is 0. The Balaban J connectivity index is 2.45. The van der Waals surface area contributed by atoms with E-state index in [1.54, 1.807) is 48.5 Å². The number of aliphatic hydroxyl groups excluding tert-OH is 3. The first kappa shape index (κ1) is 33.1. The molecule has 14 atom stereocenters. The number of cyclic esters (lactones) is 1. The van der Waals surface area contributed by atoms with Crippen molar-refractivity contribution in [2.75, 3.05) is 14.1 Å². The molecule has 38 heavy (non-hydrogen) atoms. The van der Waals surface area contributed by atoms with Crippen LogP contribution in [0.2, 0.25) is 0 Å². The number of carbonyl (C=O) groups is 2. The van der Waals surface area contributed by atoms with Crippen LogP contribution in [0.25, 0.3) is 0 Å². The van der Waals surface area contributed by atoms with Crippen molar-refractivity contribution in [3.8, 4) is 0 Å². The summed E-state index contributed by atoms with van der Waals surface area (Å²) < 4.78 is 18.0. The second kappa shape index (κ2) is 13.0. The molecule has 2 aliphatic rings. The lowest BCUT2D eigenvalue weighted by atomic mass is 9.75. The Kier molecular flexibility index (Phi) is 11.3. The maximum absolute atomic E-state index is 13.3. The monoisotopic (exact) mass is 545 g/mol. The molecule has 0 saturated carbocycles. The second-order valence-corrected chi connectivity index (χ2v) is 12.4. The predicted molar refractivity (Wildman–Crippen MR) is 141 cm³/mol. The molecule has 0 aliphatic carbocycles. The van der Waals surface area contributed by atoms with E-state index in [0.717, 1.165) is 0 Å². The van der Waals surface area contributed by atoms with Gasteiger partial charge in [0.25, 0.3) is 0 Å². The van der Waals surface area contributed by atoms with Crippen LogP contribution in [0.1, 0.15) is 68.2 Å². The summed E-state index contributed by atoms with van der Waals surface area (Å²) in [6.45, 7) is 13.3. The maximum atomic E-state index is 13.3. The molecule has 0 aromatic carbocycles. The quantitative estimate of drug-likeness (QED) is 0.383. The zero-order chi connectivity index (χ0) is 29.3. The van der Waals surface area contributed by atoms with Gasteiger partial charge < -0.3 is 39.5 Å². The minimum Gasteiger partial charge on any atom is -0.462 e. The van der Waals surface area contributed by atoms with Crippen molar-refractivity contribution in [2.45, 2.75) is 123 Å². The first-order valence-electron chi connectivity index (χ1n) is 13.9. The fraction of sp³-hybridized carbons (Fsp3) is 0.929. The topological polar surface area (TPSA) is 146 Å². The number of rotatable bonds is 3. The average molecular weight is 546 g/mol.